The van der Waals surface area contributed by atoms with Crippen molar-refractivity contribution in [2.24, 2.45) is 0 Å². The lowest BCUT2D eigenvalue weighted by Crippen LogP contribution is -2.31. The molecule has 1 N–H and O–H groups in total. The van der Waals surface area contributed by atoms with Crippen molar-refractivity contribution in [2.45, 2.75) is 13.0 Å². The van der Waals surface area contributed by atoms with E-state index in [9.17, 15) is 4.79 Å². The number of nitrogens with zero attached hydrogens (tertiary/aromatic N) is 1. The molecule has 0 saturated carbocycles. The number of benzene rings is 2. The first-order valence-corrected chi connectivity index (χ1v) is 7.18. The van der Waals surface area contributed by atoms with Crippen LogP contribution in [0.3, 0.4) is 0 Å². The SMILES string of the molecule is O=C1COc2ccc(N3CCc4ccccc4C3)cc2N1. The highest BCUT2D eigenvalue weighted by Crippen LogP contribution is 2.33. The van der Waals surface area contributed by atoms with Crippen LogP contribution in [0.4, 0.5) is 11.4 Å². The first-order chi connectivity index (χ1) is 10.3. The largest absolute Gasteiger partial charge is 0.482 e. The fourth-order valence-electron chi connectivity index (χ4n) is 2.98. The standard InChI is InChI=1S/C17H16N2O2/c20-17-11-21-16-6-5-14(9-15(16)18-17)19-8-7-12-3-1-2-4-13(12)10-19/h1-6,9H,7-8,10-11H2,(H,18,20). The van der Waals surface area contributed by atoms with E-state index in [1.165, 1.54) is 11.1 Å². The van der Waals surface area contributed by atoms with Crippen molar-refractivity contribution < 1.29 is 9.53 Å². The Morgan fingerprint density at radius 1 is 1.10 bits per heavy atom. The van der Waals surface area contributed by atoms with Crippen molar-refractivity contribution in [3.8, 4) is 5.75 Å². The second kappa shape index (κ2) is 4.81. The van der Waals surface area contributed by atoms with Crippen molar-refractivity contribution in [2.75, 3.05) is 23.4 Å². The first kappa shape index (κ1) is 12.3. The maximum Gasteiger partial charge on any atom is 0.262 e. The Hall–Kier alpha value is -2.49. The molecule has 0 atom stereocenters. The predicted molar refractivity (Wildman–Crippen MR) is 81.8 cm³/mol. The Kier molecular flexibility index (Phi) is 2.81. The van der Waals surface area contributed by atoms with Crippen LogP contribution in [0.1, 0.15) is 11.1 Å². The van der Waals surface area contributed by atoms with E-state index in [2.05, 4.69) is 40.5 Å². The van der Waals surface area contributed by atoms with Crippen LogP contribution < -0.4 is 15.0 Å². The number of fused-ring (bicyclic) bond motifs is 2. The Morgan fingerprint density at radius 2 is 1.95 bits per heavy atom. The summed E-state index contributed by atoms with van der Waals surface area (Å²) in [7, 11) is 0. The molecule has 0 bridgehead atoms. The minimum Gasteiger partial charge on any atom is -0.482 e. The first-order valence-electron chi connectivity index (χ1n) is 7.18. The fraction of sp³-hybridized carbons (Fsp3) is 0.235. The molecule has 2 aliphatic rings. The molecule has 0 fully saturated rings. The highest BCUT2D eigenvalue weighted by molar-refractivity contribution is 5.96. The molecule has 2 aliphatic heterocycles. The van der Waals surface area contributed by atoms with Gasteiger partial charge in [0.1, 0.15) is 5.75 Å². The van der Waals surface area contributed by atoms with Crippen LogP contribution >= 0.6 is 0 Å². The molecule has 4 heteroatoms. The minimum absolute atomic E-state index is 0.0939. The molecular weight excluding hydrogens is 264 g/mol. The van der Waals surface area contributed by atoms with Gasteiger partial charge < -0.3 is 15.0 Å². The fourth-order valence-corrected chi connectivity index (χ4v) is 2.98. The van der Waals surface area contributed by atoms with E-state index >= 15 is 0 Å². The van der Waals surface area contributed by atoms with Gasteiger partial charge in [0, 0.05) is 18.8 Å². The molecule has 0 saturated heterocycles. The second-order valence-electron chi connectivity index (χ2n) is 5.46. The van der Waals surface area contributed by atoms with Crippen LogP contribution in [0, 0.1) is 0 Å². The number of carbonyl (C=O) groups is 1. The maximum absolute atomic E-state index is 11.4. The molecule has 0 radical (unpaired) electrons. The Balaban J connectivity index is 1.63. The van der Waals surface area contributed by atoms with E-state index in [1.54, 1.807) is 0 Å². The Bertz CT molecular complexity index is 712. The van der Waals surface area contributed by atoms with Gasteiger partial charge >= 0.3 is 0 Å². The van der Waals surface area contributed by atoms with E-state index in [4.69, 9.17) is 4.74 Å². The van der Waals surface area contributed by atoms with E-state index in [1.807, 2.05) is 12.1 Å². The molecule has 1 amide bonds. The number of hydrogen-bond donors (Lipinski definition) is 1. The van der Waals surface area contributed by atoms with E-state index in [-0.39, 0.29) is 12.5 Å². The molecule has 106 valence electrons. The summed E-state index contributed by atoms with van der Waals surface area (Å²) in [6, 6.07) is 14.6. The van der Waals surface area contributed by atoms with E-state index in [0.29, 0.717) is 0 Å². The van der Waals surface area contributed by atoms with Crippen LogP contribution in [0.5, 0.6) is 5.75 Å². The summed E-state index contributed by atoms with van der Waals surface area (Å²) >= 11 is 0. The van der Waals surface area contributed by atoms with Gasteiger partial charge in [0.15, 0.2) is 6.61 Å². The number of amides is 1. The van der Waals surface area contributed by atoms with Gasteiger partial charge in [-0.2, -0.15) is 0 Å². The zero-order valence-electron chi connectivity index (χ0n) is 11.6. The number of nitrogens with one attached hydrogen (secondary N) is 1. The van der Waals surface area contributed by atoms with Crippen molar-refractivity contribution >= 4 is 17.3 Å². The Morgan fingerprint density at radius 3 is 2.86 bits per heavy atom. The topological polar surface area (TPSA) is 41.6 Å². The van der Waals surface area contributed by atoms with E-state index in [0.717, 1.165) is 36.6 Å². The van der Waals surface area contributed by atoms with E-state index < -0.39 is 0 Å². The average molecular weight is 280 g/mol. The number of ether oxygens (including phenoxy) is 1. The Labute approximate surface area is 123 Å². The summed E-state index contributed by atoms with van der Waals surface area (Å²) in [6.07, 6.45) is 1.05. The molecule has 0 spiro atoms. The molecule has 2 heterocycles. The average Bonchev–Trinajstić information content (AvgIpc) is 2.53. The lowest BCUT2D eigenvalue weighted by molar-refractivity contribution is -0.118. The lowest BCUT2D eigenvalue weighted by Gasteiger charge is -2.31. The summed E-state index contributed by atoms with van der Waals surface area (Å²) in [5.41, 5.74) is 4.70. The molecule has 0 unspecified atom stereocenters. The maximum atomic E-state index is 11.4. The molecule has 2 aromatic rings. The molecule has 4 rings (SSSR count). The van der Waals surface area contributed by atoms with Gasteiger partial charge in [0.05, 0.1) is 5.69 Å². The lowest BCUT2D eigenvalue weighted by atomic mass is 9.99. The predicted octanol–water partition coefficient (Wildman–Crippen LogP) is 2.58. The van der Waals surface area contributed by atoms with Gasteiger partial charge in [-0.15, -0.1) is 0 Å². The zero-order valence-corrected chi connectivity index (χ0v) is 11.6. The number of rotatable bonds is 1. The quantitative estimate of drug-likeness (QED) is 0.873. The van der Waals surface area contributed by atoms with Crippen LogP contribution in [-0.2, 0) is 17.8 Å². The zero-order chi connectivity index (χ0) is 14.2. The third kappa shape index (κ3) is 2.23. The number of anilines is 2. The monoisotopic (exact) mass is 280 g/mol. The third-order valence-electron chi connectivity index (χ3n) is 4.09. The number of carbonyl (C=O) groups excluding carboxylic acids is 1. The van der Waals surface area contributed by atoms with Gasteiger partial charge in [0.25, 0.3) is 5.91 Å². The smallest absolute Gasteiger partial charge is 0.262 e. The van der Waals surface area contributed by atoms with Crippen molar-refractivity contribution in [3.63, 3.8) is 0 Å². The van der Waals surface area contributed by atoms with Crippen LogP contribution in [0.2, 0.25) is 0 Å². The minimum atomic E-state index is -0.0939. The molecular formula is C17H16N2O2. The molecule has 0 aromatic heterocycles. The normalized spacial score (nSPS) is 16.6. The van der Waals surface area contributed by atoms with Crippen LogP contribution in [0.15, 0.2) is 42.5 Å². The third-order valence-corrected chi connectivity index (χ3v) is 4.09. The van der Waals surface area contributed by atoms with Gasteiger partial charge in [-0.3, -0.25) is 4.79 Å². The van der Waals surface area contributed by atoms with Gasteiger partial charge in [-0.1, -0.05) is 24.3 Å². The summed E-state index contributed by atoms with van der Waals surface area (Å²) < 4.78 is 5.40. The van der Waals surface area contributed by atoms with Gasteiger partial charge in [0.2, 0.25) is 0 Å². The summed E-state index contributed by atoms with van der Waals surface area (Å²) in [4.78, 5) is 13.8. The van der Waals surface area contributed by atoms with Crippen LogP contribution in [-0.4, -0.2) is 19.1 Å². The van der Waals surface area contributed by atoms with Crippen molar-refractivity contribution in [1.29, 1.82) is 0 Å². The van der Waals surface area contributed by atoms with Gasteiger partial charge in [-0.25, -0.2) is 0 Å². The highest BCUT2D eigenvalue weighted by atomic mass is 16.5. The molecule has 21 heavy (non-hydrogen) atoms. The van der Waals surface area contributed by atoms with Crippen molar-refractivity contribution in [1.82, 2.24) is 0 Å². The van der Waals surface area contributed by atoms with Crippen molar-refractivity contribution in [3.05, 3.63) is 53.6 Å². The van der Waals surface area contributed by atoms with Crippen LogP contribution in [0.25, 0.3) is 0 Å². The molecule has 4 nitrogen and oxygen atoms in total. The molecule has 2 aromatic carbocycles. The summed E-state index contributed by atoms with van der Waals surface area (Å²) in [5.74, 6) is 0.652. The molecule has 0 aliphatic carbocycles. The summed E-state index contributed by atoms with van der Waals surface area (Å²) in [6.45, 7) is 2.00. The number of hydrogen-bond acceptors (Lipinski definition) is 3. The second-order valence-corrected chi connectivity index (χ2v) is 5.46. The highest BCUT2D eigenvalue weighted by Gasteiger charge is 2.20. The summed E-state index contributed by atoms with van der Waals surface area (Å²) in [5, 5.41) is 2.87. The van der Waals surface area contributed by atoms with Gasteiger partial charge in [-0.05, 0) is 35.7 Å².